The zero-order valence-electron chi connectivity index (χ0n) is 15.9. The van der Waals surface area contributed by atoms with Crippen LogP contribution < -0.4 is 0 Å². The molecule has 0 aliphatic heterocycles. The molecule has 0 N–H and O–H groups in total. The maximum atomic E-state index is 12.9. The molecule has 0 radical (unpaired) electrons. The minimum absolute atomic E-state index is 0.0276. The molecule has 0 bridgehead atoms. The van der Waals surface area contributed by atoms with Gasteiger partial charge in [-0.1, -0.05) is 23.7 Å². The molecule has 0 fully saturated rings. The molecule has 3 aromatic rings. The van der Waals surface area contributed by atoms with Crippen molar-refractivity contribution < 1.29 is 17.9 Å². The quantitative estimate of drug-likeness (QED) is 0.566. The monoisotopic (exact) mass is 420 g/mol. The van der Waals surface area contributed by atoms with Gasteiger partial charge in [0.2, 0.25) is 0 Å². The van der Waals surface area contributed by atoms with E-state index in [1.54, 1.807) is 61.7 Å². The van der Waals surface area contributed by atoms with Crippen molar-refractivity contribution in [1.82, 2.24) is 9.55 Å². The van der Waals surface area contributed by atoms with E-state index in [1.165, 1.54) is 0 Å². The molecular weight excluding hydrogens is 400 g/mol. The lowest BCUT2D eigenvalue weighted by atomic mass is 10.2. The van der Waals surface area contributed by atoms with Gasteiger partial charge < -0.3 is 9.30 Å². The number of esters is 1. The third-order valence-corrected chi connectivity index (χ3v) is 6.74. The zero-order valence-corrected chi connectivity index (χ0v) is 17.5. The van der Waals surface area contributed by atoms with Crippen LogP contribution in [0.2, 0.25) is 5.02 Å². The van der Waals surface area contributed by atoms with E-state index in [-0.39, 0.29) is 23.2 Å². The first-order valence-electron chi connectivity index (χ1n) is 8.82. The summed E-state index contributed by atoms with van der Waals surface area (Å²) in [5, 5.41) is 0.416. The zero-order chi connectivity index (χ0) is 20.5. The topological polar surface area (TPSA) is 78.3 Å². The average molecular weight is 421 g/mol. The van der Waals surface area contributed by atoms with Gasteiger partial charge >= 0.3 is 5.97 Å². The van der Waals surface area contributed by atoms with Gasteiger partial charge in [-0.25, -0.2) is 13.4 Å². The van der Waals surface area contributed by atoms with Gasteiger partial charge in [0.1, 0.15) is 12.4 Å². The van der Waals surface area contributed by atoms with Crippen molar-refractivity contribution in [3.63, 3.8) is 0 Å². The van der Waals surface area contributed by atoms with Crippen LogP contribution in [-0.2, 0) is 31.7 Å². The van der Waals surface area contributed by atoms with Crippen LogP contribution in [0, 0.1) is 13.8 Å². The summed E-state index contributed by atoms with van der Waals surface area (Å²) in [7, 11) is -3.58. The number of aryl methyl sites for hydroxylation is 1. The molecule has 6 nitrogen and oxygen atoms in total. The van der Waals surface area contributed by atoms with Crippen molar-refractivity contribution in [1.29, 1.82) is 0 Å². The van der Waals surface area contributed by atoms with E-state index < -0.39 is 9.84 Å². The van der Waals surface area contributed by atoms with E-state index >= 15 is 0 Å². The van der Waals surface area contributed by atoms with Crippen LogP contribution in [0.25, 0.3) is 11.0 Å². The van der Waals surface area contributed by atoms with E-state index in [9.17, 15) is 13.2 Å². The number of imidazole rings is 1. The third-order valence-electron chi connectivity index (χ3n) is 4.51. The van der Waals surface area contributed by atoms with Crippen LogP contribution in [0.4, 0.5) is 0 Å². The highest BCUT2D eigenvalue weighted by Gasteiger charge is 2.20. The molecule has 1 aromatic heterocycles. The summed E-state index contributed by atoms with van der Waals surface area (Å²) in [6.45, 7) is 5.56. The lowest BCUT2D eigenvalue weighted by Gasteiger charge is -2.10. The summed E-state index contributed by atoms with van der Waals surface area (Å²) < 4.78 is 32.6. The first-order valence-corrected chi connectivity index (χ1v) is 10.8. The Morgan fingerprint density at radius 1 is 1.21 bits per heavy atom. The standard InChI is InChI=1S/C20H21ClN2O4S/c1-4-27-20(24)11-23-14(3)22-17-9-8-15(10-18(17)23)12-28(25,26)19-7-5-6-16(21)13(19)2/h5-10H,4,11-12H2,1-3H3. The van der Waals surface area contributed by atoms with Crippen LogP contribution in [0.5, 0.6) is 0 Å². The van der Waals surface area contributed by atoms with Crippen LogP contribution >= 0.6 is 11.6 Å². The Labute approximate surface area is 169 Å². The first kappa shape index (κ1) is 20.4. The van der Waals surface area contributed by atoms with Gasteiger partial charge in [-0.2, -0.15) is 0 Å². The molecule has 0 atom stereocenters. The maximum absolute atomic E-state index is 12.9. The maximum Gasteiger partial charge on any atom is 0.326 e. The Hall–Kier alpha value is -2.38. The number of nitrogens with zero attached hydrogens (tertiary/aromatic N) is 2. The van der Waals surface area contributed by atoms with E-state index in [1.807, 2.05) is 0 Å². The molecule has 148 valence electrons. The number of fused-ring (bicyclic) bond motifs is 1. The molecule has 0 unspecified atom stereocenters. The molecule has 0 aliphatic carbocycles. The highest BCUT2D eigenvalue weighted by molar-refractivity contribution is 7.90. The van der Waals surface area contributed by atoms with Crippen molar-refractivity contribution in [3.05, 3.63) is 58.4 Å². The van der Waals surface area contributed by atoms with Gasteiger partial charge in [0.15, 0.2) is 9.84 Å². The average Bonchev–Trinajstić information content (AvgIpc) is 2.92. The van der Waals surface area contributed by atoms with Crippen LogP contribution in [0.1, 0.15) is 23.9 Å². The van der Waals surface area contributed by atoms with Crippen molar-refractivity contribution in [3.8, 4) is 0 Å². The van der Waals surface area contributed by atoms with Crippen molar-refractivity contribution in [2.45, 2.75) is 38.0 Å². The Bertz CT molecular complexity index is 1150. The number of ether oxygens (including phenoxy) is 1. The Morgan fingerprint density at radius 3 is 2.68 bits per heavy atom. The Morgan fingerprint density at radius 2 is 1.96 bits per heavy atom. The molecule has 0 amide bonds. The van der Waals surface area contributed by atoms with E-state index in [0.29, 0.717) is 39.6 Å². The largest absolute Gasteiger partial charge is 0.465 e. The van der Waals surface area contributed by atoms with Gasteiger partial charge in [0.05, 0.1) is 28.3 Å². The second-order valence-electron chi connectivity index (χ2n) is 6.50. The fourth-order valence-corrected chi connectivity index (χ4v) is 5.00. The fourth-order valence-electron chi connectivity index (χ4n) is 3.14. The highest BCUT2D eigenvalue weighted by atomic mass is 35.5. The predicted octanol–water partition coefficient (Wildman–Crippen LogP) is 3.84. The SMILES string of the molecule is CCOC(=O)Cn1c(C)nc2ccc(CS(=O)(=O)c3cccc(Cl)c3C)cc21. The summed E-state index contributed by atoms with van der Waals surface area (Å²) in [6.07, 6.45) is 0. The number of hydrogen-bond donors (Lipinski definition) is 0. The smallest absolute Gasteiger partial charge is 0.326 e. The molecule has 3 rings (SSSR count). The van der Waals surface area contributed by atoms with E-state index in [4.69, 9.17) is 16.3 Å². The number of aromatic nitrogens is 2. The molecule has 1 heterocycles. The summed E-state index contributed by atoms with van der Waals surface area (Å²) in [5.74, 6) is 0.125. The minimum Gasteiger partial charge on any atom is -0.465 e. The van der Waals surface area contributed by atoms with Gasteiger partial charge in [-0.3, -0.25) is 4.79 Å². The second-order valence-corrected chi connectivity index (χ2v) is 8.86. The second kappa shape index (κ2) is 7.93. The normalized spacial score (nSPS) is 11.7. The third kappa shape index (κ3) is 4.05. The number of sulfone groups is 1. The number of rotatable bonds is 6. The number of halogens is 1. The van der Waals surface area contributed by atoms with Crippen LogP contribution in [0.3, 0.4) is 0 Å². The lowest BCUT2D eigenvalue weighted by molar-refractivity contribution is -0.143. The van der Waals surface area contributed by atoms with E-state index in [0.717, 1.165) is 0 Å². The fraction of sp³-hybridized carbons (Fsp3) is 0.300. The Balaban J connectivity index is 1.98. The van der Waals surface area contributed by atoms with Crippen molar-refractivity contribution in [2.75, 3.05) is 6.61 Å². The summed E-state index contributed by atoms with van der Waals surface area (Å²) >= 11 is 6.08. The lowest BCUT2D eigenvalue weighted by Crippen LogP contribution is -2.14. The van der Waals surface area contributed by atoms with Gasteiger partial charge in [-0.15, -0.1) is 0 Å². The molecule has 8 heteroatoms. The number of carbonyl (C=O) groups is 1. The number of benzene rings is 2. The van der Waals surface area contributed by atoms with Gasteiger partial charge in [0.25, 0.3) is 0 Å². The number of hydrogen-bond acceptors (Lipinski definition) is 5. The number of carbonyl (C=O) groups excluding carboxylic acids is 1. The van der Waals surface area contributed by atoms with Crippen LogP contribution in [0.15, 0.2) is 41.3 Å². The summed E-state index contributed by atoms with van der Waals surface area (Å²) in [4.78, 5) is 16.6. The van der Waals surface area contributed by atoms with Crippen molar-refractivity contribution >= 4 is 38.4 Å². The van der Waals surface area contributed by atoms with Gasteiger partial charge in [0, 0.05) is 5.02 Å². The molecule has 0 saturated carbocycles. The highest BCUT2D eigenvalue weighted by Crippen LogP contribution is 2.27. The molecule has 2 aromatic carbocycles. The van der Waals surface area contributed by atoms with Gasteiger partial charge in [-0.05, 0) is 56.2 Å². The molecule has 0 aliphatic rings. The van der Waals surface area contributed by atoms with Crippen LogP contribution in [-0.4, -0.2) is 30.5 Å². The first-order chi connectivity index (χ1) is 13.2. The minimum atomic E-state index is -3.58. The Kier molecular flexibility index (Phi) is 5.76. The van der Waals surface area contributed by atoms with E-state index in [2.05, 4.69) is 4.98 Å². The predicted molar refractivity (Wildman–Crippen MR) is 108 cm³/mol. The molecule has 28 heavy (non-hydrogen) atoms. The van der Waals surface area contributed by atoms with Crippen molar-refractivity contribution in [2.24, 2.45) is 0 Å². The molecule has 0 saturated heterocycles. The summed E-state index contributed by atoms with van der Waals surface area (Å²) in [5.41, 5.74) is 2.54. The summed E-state index contributed by atoms with van der Waals surface area (Å²) in [6, 6.07) is 10.1. The molecule has 0 spiro atoms. The molecular formula is C20H21ClN2O4S.